The van der Waals surface area contributed by atoms with E-state index < -0.39 is 4.92 Å². The van der Waals surface area contributed by atoms with E-state index in [9.17, 15) is 10.1 Å². The lowest BCUT2D eigenvalue weighted by molar-refractivity contribution is -0.384. The van der Waals surface area contributed by atoms with Crippen LogP contribution in [-0.2, 0) is 0 Å². The van der Waals surface area contributed by atoms with Crippen molar-refractivity contribution in [2.45, 2.75) is 0 Å². The quantitative estimate of drug-likeness (QED) is 0.260. The number of hydrogen-bond donors (Lipinski definition) is 2. The van der Waals surface area contributed by atoms with Crippen molar-refractivity contribution in [3.8, 4) is 0 Å². The van der Waals surface area contributed by atoms with Crippen molar-refractivity contribution in [1.82, 2.24) is 9.97 Å². The number of nitro groups is 1. The van der Waals surface area contributed by atoms with Crippen molar-refractivity contribution >= 4 is 44.7 Å². The molecule has 150 valence electrons. The Labute approximate surface area is 178 Å². The number of hydrogen-bond acceptors (Lipinski definition) is 4. The van der Waals surface area contributed by atoms with E-state index in [0.29, 0.717) is 11.5 Å². The Hall–Kier alpha value is -4.45. The first-order valence-electron chi connectivity index (χ1n) is 9.77. The van der Waals surface area contributed by atoms with Gasteiger partial charge in [0.2, 0.25) is 0 Å². The summed E-state index contributed by atoms with van der Waals surface area (Å²) in [5.74, 6) is 0.605. The molecule has 0 radical (unpaired) electrons. The second kappa shape index (κ2) is 7.42. The number of benzene rings is 3. The highest BCUT2D eigenvalue weighted by molar-refractivity contribution is 6.07. The predicted molar refractivity (Wildman–Crippen MR) is 125 cm³/mol. The van der Waals surface area contributed by atoms with Gasteiger partial charge in [-0.2, -0.15) is 0 Å². The molecule has 3 aromatic carbocycles. The number of nitro benzene ring substituents is 1. The molecule has 0 saturated heterocycles. The second-order valence-corrected chi connectivity index (χ2v) is 7.26. The number of non-ortho nitro benzene ring substituents is 1. The van der Waals surface area contributed by atoms with Crippen LogP contribution in [-0.4, -0.2) is 14.9 Å². The Morgan fingerprint density at radius 3 is 2.55 bits per heavy atom. The maximum atomic E-state index is 11.0. The van der Waals surface area contributed by atoms with E-state index in [-0.39, 0.29) is 5.69 Å². The van der Waals surface area contributed by atoms with Crippen LogP contribution in [0.25, 0.3) is 27.5 Å². The van der Waals surface area contributed by atoms with E-state index in [4.69, 9.17) is 0 Å². The lowest BCUT2D eigenvalue weighted by Gasteiger charge is -2.07. The topological polar surface area (TPSA) is 83.8 Å². The summed E-state index contributed by atoms with van der Waals surface area (Å²) >= 11 is 0. The standard InChI is InChI=1S/C25H18N4O2/c1-16(17-6-3-2-4-7-17)18-10-12-23-22(14-18)21-11-13-24(28-25(21)27-23)26-19-8-5-9-20(15-19)29(30)31/h2-15H,1H2,(H2,26,27,28). The van der Waals surface area contributed by atoms with Crippen LogP contribution in [0.5, 0.6) is 0 Å². The largest absolute Gasteiger partial charge is 0.340 e. The summed E-state index contributed by atoms with van der Waals surface area (Å²) < 4.78 is 0. The van der Waals surface area contributed by atoms with Gasteiger partial charge in [-0.05, 0) is 47.0 Å². The van der Waals surface area contributed by atoms with Crippen LogP contribution >= 0.6 is 0 Å². The van der Waals surface area contributed by atoms with E-state index >= 15 is 0 Å². The first-order chi connectivity index (χ1) is 15.1. The van der Waals surface area contributed by atoms with Gasteiger partial charge in [-0.25, -0.2) is 4.98 Å². The number of nitrogens with zero attached hydrogens (tertiary/aromatic N) is 2. The van der Waals surface area contributed by atoms with Gasteiger partial charge >= 0.3 is 0 Å². The highest BCUT2D eigenvalue weighted by atomic mass is 16.6. The van der Waals surface area contributed by atoms with E-state index in [1.54, 1.807) is 12.1 Å². The molecule has 2 N–H and O–H groups in total. The number of rotatable bonds is 5. The summed E-state index contributed by atoms with van der Waals surface area (Å²) in [6.45, 7) is 4.26. The lowest BCUT2D eigenvalue weighted by Crippen LogP contribution is -1.95. The zero-order chi connectivity index (χ0) is 21.4. The number of pyridine rings is 1. The maximum absolute atomic E-state index is 11.0. The van der Waals surface area contributed by atoms with Gasteiger partial charge in [-0.1, -0.05) is 49.0 Å². The highest BCUT2D eigenvalue weighted by Gasteiger charge is 2.11. The predicted octanol–water partition coefficient (Wildman–Crippen LogP) is 6.43. The summed E-state index contributed by atoms with van der Waals surface area (Å²) in [6.07, 6.45) is 0. The molecule has 0 aliphatic rings. The summed E-state index contributed by atoms with van der Waals surface area (Å²) in [6, 6.07) is 26.5. The van der Waals surface area contributed by atoms with Crippen molar-refractivity contribution in [3.05, 3.63) is 113 Å². The molecule has 2 aromatic heterocycles. The minimum atomic E-state index is -0.416. The Morgan fingerprint density at radius 1 is 0.903 bits per heavy atom. The van der Waals surface area contributed by atoms with Crippen molar-refractivity contribution in [2.75, 3.05) is 5.32 Å². The van der Waals surface area contributed by atoms with Crippen LogP contribution in [0.2, 0.25) is 0 Å². The van der Waals surface area contributed by atoms with E-state index in [1.807, 2.05) is 36.4 Å². The van der Waals surface area contributed by atoms with Gasteiger partial charge in [0.15, 0.2) is 0 Å². The molecule has 6 nitrogen and oxygen atoms in total. The molecule has 0 spiro atoms. The molecule has 2 heterocycles. The van der Waals surface area contributed by atoms with Gasteiger partial charge in [0.25, 0.3) is 5.69 Å². The van der Waals surface area contributed by atoms with Gasteiger partial charge in [0.05, 0.1) is 4.92 Å². The van der Waals surface area contributed by atoms with Gasteiger partial charge in [0, 0.05) is 34.1 Å². The zero-order valence-electron chi connectivity index (χ0n) is 16.5. The smallest absolute Gasteiger partial charge is 0.271 e. The number of anilines is 2. The monoisotopic (exact) mass is 406 g/mol. The number of fused-ring (bicyclic) bond motifs is 3. The maximum Gasteiger partial charge on any atom is 0.271 e. The molecule has 6 heteroatoms. The molecule has 0 atom stereocenters. The summed E-state index contributed by atoms with van der Waals surface area (Å²) in [5, 5.41) is 16.2. The van der Waals surface area contributed by atoms with E-state index in [2.05, 4.69) is 46.1 Å². The third-order valence-corrected chi connectivity index (χ3v) is 5.26. The number of aromatic nitrogens is 2. The van der Waals surface area contributed by atoms with Crippen LogP contribution in [0.15, 0.2) is 91.5 Å². The molecule has 0 bridgehead atoms. The fourth-order valence-corrected chi connectivity index (χ4v) is 3.68. The van der Waals surface area contributed by atoms with Gasteiger partial charge in [-0.3, -0.25) is 10.1 Å². The molecular weight excluding hydrogens is 388 g/mol. The van der Waals surface area contributed by atoms with Crippen LogP contribution in [0.3, 0.4) is 0 Å². The Balaban J connectivity index is 1.50. The summed E-state index contributed by atoms with van der Waals surface area (Å²) in [5.41, 5.74) is 5.48. The van der Waals surface area contributed by atoms with Gasteiger partial charge in [0.1, 0.15) is 11.5 Å². The number of H-pyrrole nitrogens is 1. The van der Waals surface area contributed by atoms with Crippen molar-refractivity contribution in [3.63, 3.8) is 0 Å². The molecule has 0 saturated carbocycles. The van der Waals surface area contributed by atoms with Gasteiger partial charge < -0.3 is 10.3 Å². The molecule has 5 aromatic rings. The van der Waals surface area contributed by atoms with Crippen LogP contribution in [0.1, 0.15) is 11.1 Å². The zero-order valence-corrected chi connectivity index (χ0v) is 16.5. The van der Waals surface area contributed by atoms with Crippen molar-refractivity contribution in [1.29, 1.82) is 0 Å². The first-order valence-corrected chi connectivity index (χ1v) is 9.77. The molecule has 0 aliphatic heterocycles. The molecule has 0 aliphatic carbocycles. The fourth-order valence-electron chi connectivity index (χ4n) is 3.68. The molecular formula is C25H18N4O2. The normalized spacial score (nSPS) is 11.0. The molecule has 0 unspecified atom stereocenters. The average Bonchev–Trinajstić information content (AvgIpc) is 3.16. The third-order valence-electron chi connectivity index (χ3n) is 5.26. The number of nitrogens with one attached hydrogen (secondary N) is 2. The number of aromatic amines is 1. The molecule has 5 rings (SSSR count). The summed E-state index contributed by atoms with van der Waals surface area (Å²) in [7, 11) is 0. The fraction of sp³-hybridized carbons (Fsp3) is 0. The van der Waals surface area contributed by atoms with Crippen LogP contribution < -0.4 is 5.32 Å². The highest BCUT2D eigenvalue weighted by Crippen LogP contribution is 2.31. The van der Waals surface area contributed by atoms with E-state index in [0.717, 1.165) is 38.6 Å². The average molecular weight is 406 g/mol. The van der Waals surface area contributed by atoms with E-state index in [1.165, 1.54) is 12.1 Å². The Kier molecular flexibility index (Phi) is 4.45. The lowest BCUT2D eigenvalue weighted by atomic mass is 9.98. The molecule has 0 fully saturated rings. The SMILES string of the molecule is C=C(c1ccccc1)c1ccc2[nH]c3nc(Nc4cccc([N+](=O)[O-])c4)ccc3c2c1. The van der Waals surface area contributed by atoms with Crippen molar-refractivity contribution < 1.29 is 4.92 Å². The Morgan fingerprint density at radius 2 is 1.74 bits per heavy atom. The minimum Gasteiger partial charge on any atom is -0.340 e. The summed E-state index contributed by atoms with van der Waals surface area (Å²) in [4.78, 5) is 18.6. The molecule has 0 amide bonds. The third kappa shape index (κ3) is 3.51. The Bertz CT molecular complexity index is 1450. The van der Waals surface area contributed by atoms with Crippen molar-refractivity contribution in [2.24, 2.45) is 0 Å². The van der Waals surface area contributed by atoms with Gasteiger partial charge in [-0.15, -0.1) is 0 Å². The van der Waals surface area contributed by atoms with Crippen LogP contribution in [0.4, 0.5) is 17.2 Å². The molecule has 31 heavy (non-hydrogen) atoms. The van der Waals surface area contributed by atoms with Crippen LogP contribution in [0, 0.1) is 10.1 Å². The minimum absolute atomic E-state index is 0.0304. The second-order valence-electron chi connectivity index (χ2n) is 7.26. The first kappa shape index (κ1) is 18.6.